The number of piperidine rings is 1. The first-order chi connectivity index (χ1) is 16.2. The van der Waals surface area contributed by atoms with Crippen LogP contribution in [0.15, 0.2) is 46.6 Å². The Balaban J connectivity index is 1.74. The molecule has 9 heteroatoms. The van der Waals surface area contributed by atoms with E-state index < -0.39 is 6.43 Å². The van der Waals surface area contributed by atoms with Crippen molar-refractivity contribution >= 4 is 23.4 Å². The fourth-order valence-corrected chi connectivity index (χ4v) is 5.31. The summed E-state index contributed by atoms with van der Waals surface area (Å²) in [4.78, 5) is 29.9. The summed E-state index contributed by atoms with van der Waals surface area (Å²) in [6.07, 6.45) is 2.35. The second-order valence-electron chi connectivity index (χ2n) is 9.27. The van der Waals surface area contributed by atoms with Gasteiger partial charge in [0, 0.05) is 38.7 Å². The highest BCUT2D eigenvalue weighted by atomic mass is 19.3. The zero-order chi connectivity index (χ0) is 24.6. The quantitative estimate of drug-likeness (QED) is 0.671. The van der Waals surface area contributed by atoms with Gasteiger partial charge in [0.05, 0.1) is 23.7 Å². The van der Waals surface area contributed by atoms with Crippen molar-refractivity contribution < 1.29 is 18.4 Å². The summed E-state index contributed by atoms with van der Waals surface area (Å²) >= 11 is 0. The minimum Gasteiger partial charge on any atom is -0.348 e. The van der Waals surface area contributed by atoms with Gasteiger partial charge < -0.3 is 14.7 Å². The van der Waals surface area contributed by atoms with Crippen LogP contribution in [0.3, 0.4) is 0 Å². The molecule has 2 amide bonds. The topological polar surface area (TPSA) is 68.6 Å². The van der Waals surface area contributed by atoms with Gasteiger partial charge in [-0.15, -0.1) is 5.10 Å². The average Bonchev–Trinajstić information content (AvgIpc) is 2.83. The molecule has 1 aromatic rings. The zero-order valence-corrected chi connectivity index (χ0v) is 20.0. The van der Waals surface area contributed by atoms with Crippen molar-refractivity contribution in [3.63, 3.8) is 0 Å². The Morgan fingerprint density at radius 1 is 1.18 bits per heavy atom. The number of rotatable bonds is 4. The first-order valence-corrected chi connectivity index (χ1v) is 11.7. The predicted molar refractivity (Wildman–Crippen MR) is 127 cm³/mol. The molecule has 3 aliphatic rings. The molecule has 0 saturated carbocycles. The lowest BCUT2D eigenvalue weighted by Crippen LogP contribution is -2.57. The molecule has 1 fully saturated rings. The highest BCUT2D eigenvalue weighted by Crippen LogP contribution is 2.35. The molecular weight excluding hydrogens is 440 g/mol. The summed E-state index contributed by atoms with van der Waals surface area (Å²) in [6, 6.07) is 6.05. The number of carbonyl (C=O) groups is 2. The van der Waals surface area contributed by atoms with E-state index in [-0.39, 0.29) is 41.4 Å². The Kier molecular flexibility index (Phi) is 6.81. The first-order valence-electron chi connectivity index (χ1n) is 11.7. The lowest BCUT2D eigenvalue weighted by Gasteiger charge is -2.47. The molecule has 3 atom stereocenters. The number of hydrogen-bond acceptors (Lipinski definition) is 5. The summed E-state index contributed by atoms with van der Waals surface area (Å²) < 4.78 is 26.9. The smallest absolute Gasteiger partial charge is 0.263 e. The van der Waals surface area contributed by atoms with Crippen LogP contribution < -0.4 is 0 Å². The maximum absolute atomic E-state index is 13.4. The second kappa shape index (κ2) is 9.64. The van der Waals surface area contributed by atoms with Gasteiger partial charge in [-0.25, -0.2) is 8.78 Å². The molecule has 7 nitrogen and oxygen atoms in total. The van der Waals surface area contributed by atoms with Crippen LogP contribution in [-0.2, 0) is 9.59 Å². The third kappa shape index (κ3) is 4.48. The highest BCUT2D eigenvalue weighted by Gasteiger charge is 2.43. The van der Waals surface area contributed by atoms with E-state index in [9.17, 15) is 18.4 Å². The normalized spacial score (nSPS) is 24.0. The molecular formula is C25H31F2N5O2. The van der Waals surface area contributed by atoms with Crippen LogP contribution in [0, 0.1) is 5.92 Å². The number of alkyl halides is 2. The summed E-state index contributed by atoms with van der Waals surface area (Å²) in [5.41, 5.74) is 1.50. The van der Waals surface area contributed by atoms with Crippen molar-refractivity contribution in [2.45, 2.75) is 58.2 Å². The minimum atomic E-state index is -2.55. The van der Waals surface area contributed by atoms with Crippen molar-refractivity contribution in [3.05, 3.63) is 47.5 Å². The van der Waals surface area contributed by atoms with Gasteiger partial charge in [-0.05, 0) is 44.4 Å². The van der Waals surface area contributed by atoms with Gasteiger partial charge in [0.2, 0.25) is 11.8 Å². The molecule has 2 unspecified atom stereocenters. The second-order valence-corrected chi connectivity index (χ2v) is 9.27. The van der Waals surface area contributed by atoms with Crippen LogP contribution in [0.25, 0.3) is 0 Å². The number of likely N-dealkylation sites (tertiary alicyclic amines) is 1. The molecule has 1 aromatic carbocycles. The molecule has 0 bridgehead atoms. The third-order valence-electron chi connectivity index (χ3n) is 7.22. The highest BCUT2D eigenvalue weighted by molar-refractivity contribution is 6.04. The van der Waals surface area contributed by atoms with Crippen LogP contribution in [0.2, 0.25) is 0 Å². The van der Waals surface area contributed by atoms with E-state index in [0.29, 0.717) is 13.1 Å². The number of benzene rings is 1. The Morgan fingerprint density at radius 2 is 1.85 bits per heavy atom. The van der Waals surface area contributed by atoms with E-state index in [1.165, 1.54) is 6.07 Å². The van der Waals surface area contributed by atoms with E-state index in [4.69, 9.17) is 0 Å². The number of amides is 2. The van der Waals surface area contributed by atoms with Gasteiger partial charge in [0.25, 0.3) is 6.43 Å². The Bertz CT molecular complexity index is 1050. The summed E-state index contributed by atoms with van der Waals surface area (Å²) in [5.74, 6) is 0.499. The Hall–Kier alpha value is -3.10. The Labute approximate surface area is 198 Å². The van der Waals surface area contributed by atoms with Gasteiger partial charge >= 0.3 is 0 Å². The van der Waals surface area contributed by atoms with Gasteiger partial charge in [0.1, 0.15) is 5.84 Å². The average molecular weight is 472 g/mol. The van der Waals surface area contributed by atoms with Gasteiger partial charge in [-0.3, -0.25) is 9.59 Å². The Morgan fingerprint density at radius 3 is 2.50 bits per heavy atom. The van der Waals surface area contributed by atoms with Crippen molar-refractivity contribution in [1.29, 1.82) is 0 Å². The molecule has 182 valence electrons. The summed E-state index contributed by atoms with van der Waals surface area (Å²) in [7, 11) is 1.76. The van der Waals surface area contributed by atoms with Crippen LogP contribution in [-0.4, -0.2) is 70.3 Å². The van der Waals surface area contributed by atoms with Crippen molar-refractivity contribution in [2.24, 2.45) is 16.1 Å². The van der Waals surface area contributed by atoms with E-state index in [2.05, 4.69) is 15.1 Å². The number of halogens is 2. The SMILES string of the molecule is CC(=O)N1CCC(N(C2=NN=C(C)C3C2C=CC(=O)N3C)[C@H](C)c2cccc(C(F)F)c2)CC1. The van der Waals surface area contributed by atoms with E-state index in [1.54, 1.807) is 37.1 Å². The van der Waals surface area contributed by atoms with E-state index in [0.717, 1.165) is 30.0 Å². The van der Waals surface area contributed by atoms with Gasteiger partial charge in [-0.1, -0.05) is 24.3 Å². The van der Waals surface area contributed by atoms with Crippen molar-refractivity contribution in [3.8, 4) is 0 Å². The molecule has 0 radical (unpaired) electrons. The third-order valence-corrected chi connectivity index (χ3v) is 7.22. The zero-order valence-electron chi connectivity index (χ0n) is 20.0. The summed E-state index contributed by atoms with van der Waals surface area (Å²) in [6.45, 7) is 6.68. The molecule has 0 spiro atoms. The lowest BCUT2D eigenvalue weighted by molar-refractivity contribution is -0.130. The van der Waals surface area contributed by atoms with Crippen molar-refractivity contribution in [2.75, 3.05) is 20.1 Å². The van der Waals surface area contributed by atoms with Crippen LogP contribution >= 0.6 is 0 Å². The molecule has 0 N–H and O–H groups in total. The number of carbonyl (C=O) groups excluding carboxylic acids is 2. The maximum atomic E-state index is 13.4. The van der Waals surface area contributed by atoms with Crippen LogP contribution in [0.4, 0.5) is 8.78 Å². The molecule has 0 aromatic heterocycles. The standard InChI is InChI=1S/C25H31F2N5O2/c1-15-23-21(8-9-22(34)30(23)4)25(29-28-15)32(20-10-12-31(13-11-20)17(3)33)16(2)18-6-5-7-19(14-18)24(26)27/h5-9,14,16,20-21,23-24H,10-13H2,1-4H3/t16-,21?,23?/m1/s1. The van der Waals surface area contributed by atoms with Gasteiger partial charge in [-0.2, -0.15) is 5.10 Å². The molecule has 3 aliphatic heterocycles. The molecule has 3 heterocycles. The minimum absolute atomic E-state index is 0.0177. The maximum Gasteiger partial charge on any atom is 0.263 e. The lowest BCUT2D eigenvalue weighted by atomic mass is 9.86. The number of nitrogens with zero attached hydrogens (tertiary/aromatic N) is 5. The largest absolute Gasteiger partial charge is 0.348 e. The molecule has 1 saturated heterocycles. The fraction of sp³-hybridized carbons (Fsp3) is 0.520. The number of fused-ring (bicyclic) bond motifs is 1. The van der Waals surface area contributed by atoms with Crippen molar-refractivity contribution in [1.82, 2.24) is 14.7 Å². The van der Waals surface area contributed by atoms with Crippen LogP contribution in [0.5, 0.6) is 0 Å². The summed E-state index contributed by atoms with van der Waals surface area (Å²) in [5, 5.41) is 9.01. The number of amidine groups is 1. The van der Waals surface area contributed by atoms with Crippen LogP contribution in [0.1, 0.15) is 57.2 Å². The monoisotopic (exact) mass is 471 g/mol. The number of likely N-dealkylation sites (N-methyl/N-ethyl adjacent to an activating group) is 1. The van der Waals surface area contributed by atoms with E-state index >= 15 is 0 Å². The van der Waals surface area contributed by atoms with Gasteiger partial charge in [0.15, 0.2) is 0 Å². The number of hydrogen-bond donors (Lipinski definition) is 0. The first kappa shape index (κ1) is 24.0. The molecule has 34 heavy (non-hydrogen) atoms. The van der Waals surface area contributed by atoms with E-state index in [1.807, 2.05) is 30.9 Å². The predicted octanol–water partition coefficient (Wildman–Crippen LogP) is 3.80. The molecule has 4 rings (SSSR count). The fourth-order valence-electron chi connectivity index (χ4n) is 5.31. The molecule has 0 aliphatic carbocycles.